The van der Waals surface area contributed by atoms with Crippen molar-refractivity contribution in [1.82, 2.24) is 4.90 Å². The number of ether oxygens (including phenoxy) is 3. The van der Waals surface area contributed by atoms with Crippen molar-refractivity contribution in [3.8, 4) is 0 Å². The molecule has 0 spiro atoms. The second-order valence-electron chi connectivity index (χ2n) is 6.40. The van der Waals surface area contributed by atoms with Gasteiger partial charge in [0.25, 0.3) is 0 Å². The largest absolute Gasteiger partial charge is 0.466 e. The van der Waals surface area contributed by atoms with Crippen molar-refractivity contribution in [2.45, 2.75) is 46.8 Å². The molecule has 0 saturated carbocycles. The van der Waals surface area contributed by atoms with Gasteiger partial charge in [-0.3, -0.25) is 4.79 Å². The van der Waals surface area contributed by atoms with Crippen LogP contribution in [0.15, 0.2) is 24.3 Å². The van der Waals surface area contributed by atoms with Crippen molar-refractivity contribution in [1.29, 1.82) is 0 Å². The van der Waals surface area contributed by atoms with Gasteiger partial charge in [-0.25, -0.2) is 4.79 Å². The van der Waals surface area contributed by atoms with E-state index >= 15 is 0 Å². The molecule has 1 rings (SSSR count). The maximum Gasteiger partial charge on any atom is 0.330 e. The molecule has 0 aliphatic carbocycles. The monoisotopic (exact) mass is 425 g/mol. The number of carbonyl (C=O) groups is 2. The van der Waals surface area contributed by atoms with Crippen LogP contribution < -0.4 is 0 Å². The second-order valence-corrected chi connectivity index (χ2v) is 6.84. The highest BCUT2D eigenvalue weighted by atomic mass is 35.5. The Morgan fingerprint density at radius 1 is 1.17 bits per heavy atom. The Kier molecular flexibility index (Phi) is 11.6. The highest BCUT2D eigenvalue weighted by Gasteiger charge is 2.19. The number of amides is 1. The predicted octanol–water partition coefficient (Wildman–Crippen LogP) is 4.10. The highest BCUT2D eigenvalue weighted by Crippen LogP contribution is 2.27. The lowest BCUT2D eigenvalue weighted by Gasteiger charge is -2.27. The third-order valence-electron chi connectivity index (χ3n) is 4.46. The number of nitrogens with zero attached hydrogens (tertiary/aromatic N) is 1. The lowest BCUT2D eigenvalue weighted by Crippen LogP contribution is -2.39. The second kappa shape index (κ2) is 13.4. The predicted molar refractivity (Wildman–Crippen MR) is 115 cm³/mol. The number of hydrogen-bond donors (Lipinski definition) is 0. The van der Waals surface area contributed by atoms with Crippen molar-refractivity contribution >= 4 is 29.1 Å². The molecule has 0 aliphatic heterocycles. The summed E-state index contributed by atoms with van der Waals surface area (Å²) in [6.45, 7) is 9.02. The van der Waals surface area contributed by atoms with E-state index in [2.05, 4.69) is 0 Å². The molecule has 6 nitrogen and oxygen atoms in total. The molecule has 0 aliphatic rings. The van der Waals surface area contributed by atoms with Crippen LogP contribution in [0.3, 0.4) is 0 Å². The van der Waals surface area contributed by atoms with Crippen LogP contribution >= 0.6 is 11.6 Å². The number of halogens is 1. The van der Waals surface area contributed by atoms with E-state index in [1.54, 1.807) is 4.90 Å². The van der Waals surface area contributed by atoms with Crippen molar-refractivity contribution in [2.24, 2.45) is 0 Å². The Morgan fingerprint density at radius 3 is 2.34 bits per heavy atom. The minimum atomic E-state index is -0.487. The zero-order valence-electron chi connectivity index (χ0n) is 18.0. The van der Waals surface area contributed by atoms with Gasteiger partial charge in [0.05, 0.1) is 13.7 Å². The van der Waals surface area contributed by atoms with Gasteiger partial charge in [0.2, 0.25) is 5.91 Å². The van der Waals surface area contributed by atoms with Gasteiger partial charge in [-0.2, -0.15) is 0 Å². The zero-order valence-corrected chi connectivity index (χ0v) is 18.8. The van der Waals surface area contributed by atoms with Gasteiger partial charge in [-0.15, -0.1) is 0 Å². The molecule has 0 atom stereocenters. The van der Waals surface area contributed by atoms with Gasteiger partial charge in [0.1, 0.15) is 0 Å². The van der Waals surface area contributed by atoms with Crippen LogP contribution in [0.5, 0.6) is 0 Å². The fourth-order valence-electron chi connectivity index (χ4n) is 2.98. The van der Waals surface area contributed by atoms with Gasteiger partial charge in [-0.1, -0.05) is 24.6 Å². The summed E-state index contributed by atoms with van der Waals surface area (Å²) in [6, 6.07) is 5.62. The average Bonchev–Trinajstić information content (AvgIpc) is 2.69. The van der Waals surface area contributed by atoms with E-state index in [0.717, 1.165) is 23.1 Å². The smallest absolute Gasteiger partial charge is 0.330 e. The number of carbonyl (C=O) groups excluding carboxylic acids is 2. The Labute approximate surface area is 178 Å². The molecule has 29 heavy (non-hydrogen) atoms. The first-order valence-electron chi connectivity index (χ1n) is 9.92. The molecule has 0 N–H and O–H groups in total. The Morgan fingerprint density at radius 2 is 1.83 bits per heavy atom. The Hall–Kier alpha value is -1.89. The van der Waals surface area contributed by atoms with Crippen LogP contribution in [0.4, 0.5) is 0 Å². The SMILES string of the molecule is CCOC(CN(CCC(=CC(=O)OC)c1cc(Cl)ccc1CC)C(C)=O)OCC. The maximum absolute atomic E-state index is 12.2. The highest BCUT2D eigenvalue weighted by molar-refractivity contribution is 6.30. The van der Waals surface area contributed by atoms with Crippen LogP contribution in [-0.2, 0) is 30.2 Å². The summed E-state index contributed by atoms with van der Waals surface area (Å²) in [5.74, 6) is -0.536. The molecule has 0 unspecified atom stereocenters. The summed E-state index contributed by atoms with van der Waals surface area (Å²) in [5, 5.41) is 0.587. The molecule has 0 fully saturated rings. The molecule has 1 amide bonds. The fourth-order valence-corrected chi connectivity index (χ4v) is 3.15. The van der Waals surface area contributed by atoms with Crippen LogP contribution in [-0.4, -0.2) is 56.5 Å². The van der Waals surface area contributed by atoms with E-state index in [-0.39, 0.29) is 5.91 Å². The molecular weight excluding hydrogens is 394 g/mol. The topological polar surface area (TPSA) is 65.1 Å². The molecule has 7 heteroatoms. The van der Waals surface area contributed by atoms with Gasteiger partial charge in [-0.05, 0) is 55.5 Å². The van der Waals surface area contributed by atoms with E-state index in [0.29, 0.717) is 37.7 Å². The van der Waals surface area contributed by atoms with Crippen LogP contribution in [0.1, 0.15) is 45.2 Å². The molecule has 0 radical (unpaired) electrons. The van der Waals surface area contributed by atoms with Crippen molar-refractivity contribution in [3.63, 3.8) is 0 Å². The molecule has 0 bridgehead atoms. The summed E-state index contributed by atoms with van der Waals surface area (Å²) in [4.78, 5) is 25.8. The van der Waals surface area contributed by atoms with E-state index in [4.69, 9.17) is 25.8 Å². The fraction of sp³-hybridized carbons (Fsp3) is 0.545. The summed E-state index contributed by atoms with van der Waals surface area (Å²) in [7, 11) is 1.34. The minimum absolute atomic E-state index is 0.0892. The summed E-state index contributed by atoms with van der Waals surface area (Å²) in [6.07, 6.45) is 2.23. The molecule has 162 valence electrons. The Balaban J connectivity index is 3.10. The molecule has 1 aromatic rings. The normalized spacial score (nSPS) is 11.6. The third kappa shape index (κ3) is 8.56. The quantitative estimate of drug-likeness (QED) is 0.286. The standard InChI is InChI=1S/C22H32ClNO5/c1-6-17-9-10-19(23)14-20(17)18(13-21(26)27-5)11-12-24(16(4)25)15-22(28-7-2)29-8-3/h9-10,13-14,22H,6-8,11-12,15H2,1-5H3. The number of aryl methyl sites for hydroxylation is 1. The summed E-state index contributed by atoms with van der Waals surface area (Å²) in [5.41, 5.74) is 2.73. The average molecular weight is 426 g/mol. The first kappa shape index (κ1) is 25.1. The number of esters is 1. The number of benzene rings is 1. The van der Waals surface area contributed by atoms with E-state index < -0.39 is 12.3 Å². The van der Waals surface area contributed by atoms with Crippen LogP contribution in [0, 0.1) is 0 Å². The van der Waals surface area contributed by atoms with Crippen molar-refractivity contribution < 1.29 is 23.8 Å². The van der Waals surface area contributed by atoms with Gasteiger partial charge < -0.3 is 19.1 Å². The van der Waals surface area contributed by atoms with Crippen LogP contribution in [0.2, 0.25) is 5.02 Å². The van der Waals surface area contributed by atoms with Gasteiger partial charge in [0, 0.05) is 37.8 Å². The van der Waals surface area contributed by atoms with Crippen molar-refractivity contribution in [3.05, 3.63) is 40.4 Å². The summed E-state index contributed by atoms with van der Waals surface area (Å²) < 4.78 is 16.0. The van der Waals surface area contributed by atoms with Gasteiger partial charge in [0.15, 0.2) is 6.29 Å². The number of hydrogen-bond acceptors (Lipinski definition) is 5. The zero-order chi connectivity index (χ0) is 21.8. The molecule has 1 aromatic carbocycles. The minimum Gasteiger partial charge on any atom is -0.466 e. The number of methoxy groups -OCH3 is 1. The lowest BCUT2D eigenvalue weighted by atomic mass is 9.95. The first-order valence-corrected chi connectivity index (χ1v) is 10.3. The van der Waals surface area contributed by atoms with Crippen molar-refractivity contribution in [2.75, 3.05) is 33.4 Å². The molecule has 0 heterocycles. The van der Waals surface area contributed by atoms with Crippen LogP contribution in [0.25, 0.3) is 5.57 Å². The third-order valence-corrected chi connectivity index (χ3v) is 4.70. The van der Waals surface area contributed by atoms with E-state index in [9.17, 15) is 9.59 Å². The number of rotatable bonds is 12. The summed E-state index contributed by atoms with van der Waals surface area (Å²) >= 11 is 6.20. The molecular formula is C22H32ClNO5. The molecule has 0 aromatic heterocycles. The maximum atomic E-state index is 12.2. The first-order chi connectivity index (χ1) is 13.9. The lowest BCUT2D eigenvalue weighted by molar-refractivity contribution is -0.157. The molecule has 0 saturated heterocycles. The van der Waals surface area contributed by atoms with E-state index in [1.807, 2.05) is 39.0 Å². The van der Waals surface area contributed by atoms with E-state index in [1.165, 1.54) is 20.1 Å². The Bertz CT molecular complexity index is 698. The van der Waals surface area contributed by atoms with Gasteiger partial charge >= 0.3 is 5.97 Å².